The number of halogens is 1. The van der Waals surface area contributed by atoms with E-state index in [0.29, 0.717) is 24.3 Å². The van der Waals surface area contributed by atoms with Crippen molar-refractivity contribution in [2.75, 3.05) is 13.2 Å². The van der Waals surface area contributed by atoms with Crippen molar-refractivity contribution in [1.82, 2.24) is 20.2 Å². The van der Waals surface area contributed by atoms with Crippen LogP contribution >= 0.6 is 0 Å². The zero-order valence-corrected chi connectivity index (χ0v) is 16.4. The van der Waals surface area contributed by atoms with E-state index in [0.717, 1.165) is 0 Å². The molecule has 0 radical (unpaired) electrons. The first-order chi connectivity index (χ1) is 13.3. The molecular weight excluding hydrogens is 363 g/mol. The molecule has 152 valence electrons. The maximum absolute atomic E-state index is 14.3. The number of nitrogens with one attached hydrogen (secondary N) is 2. The van der Waals surface area contributed by atoms with Crippen LogP contribution in [0.25, 0.3) is 5.69 Å². The highest BCUT2D eigenvalue weighted by molar-refractivity contribution is 5.74. The lowest BCUT2D eigenvalue weighted by molar-refractivity contribution is -0.237. The van der Waals surface area contributed by atoms with Crippen LogP contribution in [-0.2, 0) is 11.3 Å². The molecule has 1 aliphatic carbocycles. The third kappa shape index (κ3) is 3.88. The first-order valence-corrected chi connectivity index (χ1v) is 9.39. The Labute approximate surface area is 163 Å². The molecule has 0 bridgehead atoms. The third-order valence-corrected chi connectivity index (χ3v) is 5.68. The van der Waals surface area contributed by atoms with Gasteiger partial charge in [0.15, 0.2) is 0 Å². The number of carbonyl (C=O) groups excluding carboxylic acids is 1. The van der Waals surface area contributed by atoms with Crippen LogP contribution in [0.15, 0.2) is 36.9 Å². The van der Waals surface area contributed by atoms with E-state index in [2.05, 4.69) is 15.6 Å². The van der Waals surface area contributed by atoms with Gasteiger partial charge in [-0.3, -0.25) is 0 Å². The topological polar surface area (TPSA) is 88.4 Å². The van der Waals surface area contributed by atoms with Gasteiger partial charge in [-0.1, -0.05) is 19.9 Å². The zero-order valence-electron chi connectivity index (χ0n) is 16.4. The lowest BCUT2D eigenvalue weighted by Crippen LogP contribution is -2.69. The second-order valence-corrected chi connectivity index (χ2v) is 7.69. The van der Waals surface area contributed by atoms with E-state index in [4.69, 9.17) is 4.74 Å². The lowest BCUT2D eigenvalue weighted by atomic mass is 9.56. The van der Waals surface area contributed by atoms with E-state index >= 15 is 0 Å². The summed E-state index contributed by atoms with van der Waals surface area (Å²) >= 11 is 0. The number of aliphatic hydroxyl groups is 1. The Morgan fingerprint density at radius 3 is 2.82 bits per heavy atom. The van der Waals surface area contributed by atoms with Crippen LogP contribution in [0.4, 0.5) is 9.18 Å². The van der Waals surface area contributed by atoms with Gasteiger partial charge in [0.2, 0.25) is 0 Å². The van der Waals surface area contributed by atoms with Crippen molar-refractivity contribution in [2.45, 2.75) is 45.4 Å². The van der Waals surface area contributed by atoms with E-state index in [9.17, 15) is 14.3 Å². The number of imidazole rings is 1. The molecule has 0 aliphatic heterocycles. The van der Waals surface area contributed by atoms with Crippen LogP contribution in [0.5, 0.6) is 0 Å². The van der Waals surface area contributed by atoms with Crippen molar-refractivity contribution >= 4 is 6.03 Å². The molecule has 8 heteroatoms. The van der Waals surface area contributed by atoms with Gasteiger partial charge in [0.1, 0.15) is 5.82 Å². The summed E-state index contributed by atoms with van der Waals surface area (Å²) in [6.45, 7) is 6.68. The number of amides is 2. The average Bonchev–Trinajstić information content (AvgIpc) is 3.19. The van der Waals surface area contributed by atoms with Crippen molar-refractivity contribution in [3.63, 3.8) is 0 Å². The molecule has 1 aliphatic rings. The standard InChI is InChI=1S/C20H27FN4O3/c1-4-28-17-10-20(27,19(17,2)3)12-24-18(26)23-11-14-5-6-16(15(21)9-14)25-8-7-22-13-25/h5-9,13,17,27H,4,10-12H2,1-3H3,(H2,23,24,26). The summed E-state index contributed by atoms with van der Waals surface area (Å²) in [5.74, 6) is -0.398. The number of rotatable bonds is 7. The maximum Gasteiger partial charge on any atom is 0.315 e. The number of hydrogen-bond acceptors (Lipinski definition) is 4. The lowest BCUT2D eigenvalue weighted by Gasteiger charge is -2.57. The minimum atomic E-state index is -1.01. The molecule has 1 saturated carbocycles. The van der Waals surface area contributed by atoms with Gasteiger partial charge in [-0.2, -0.15) is 0 Å². The van der Waals surface area contributed by atoms with Gasteiger partial charge >= 0.3 is 6.03 Å². The number of carbonyl (C=O) groups is 1. The molecule has 2 atom stereocenters. The molecule has 3 rings (SSSR count). The summed E-state index contributed by atoms with van der Waals surface area (Å²) in [5, 5.41) is 16.1. The summed E-state index contributed by atoms with van der Waals surface area (Å²) in [6.07, 6.45) is 5.21. The van der Waals surface area contributed by atoms with Crippen molar-refractivity contribution < 1.29 is 19.0 Å². The number of urea groups is 1. The highest BCUT2D eigenvalue weighted by Crippen LogP contribution is 2.50. The van der Waals surface area contributed by atoms with E-state index < -0.39 is 22.9 Å². The monoisotopic (exact) mass is 390 g/mol. The van der Waals surface area contributed by atoms with Crippen LogP contribution in [0.2, 0.25) is 0 Å². The molecule has 0 spiro atoms. The van der Waals surface area contributed by atoms with Crippen LogP contribution in [0.3, 0.4) is 0 Å². The van der Waals surface area contributed by atoms with Gasteiger partial charge in [0.25, 0.3) is 0 Å². The van der Waals surface area contributed by atoms with Crippen molar-refractivity contribution in [2.24, 2.45) is 5.41 Å². The molecule has 3 N–H and O–H groups in total. The predicted molar refractivity (Wildman–Crippen MR) is 103 cm³/mol. The van der Waals surface area contributed by atoms with Gasteiger partial charge in [-0.05, 0) is 24.6 Å². The first-order valence-electron chi connectivity index (χ1n) is 9.39. The molecule has 2 aromatic rings. The summed E-state index contributed by atoms with van der Waals surface area (Å²) in [5.41, 5.74) is -0.426. The number of benzene rings is 1. The Balaban J connectivity index is 1.49. The summed E-state index contributed by atoms with van der Waals surface area (Å²) in [6, 6.07) is 4.35. The minimum absolute atomic E-state index is 0.0238. The Hall–Kier alpha value is -2.45. The fourth-order valence-electron chi connectivity index (χ4n) is 3.50. The first kappa shape index (κ1) is 20.3. The molecule has 1 aromatic carbocycles. The fraction of sp³-hybridized carbons (Fsp3) is 0.500. The van der Waals surface area contributed by atoms with Crippen LogP contribution in [0.1, 0.15) is 32.8 Å². The van der Waals surface area contributed by atoms with Crippen molar-refractivity contribution in [3.05, 3.63) is 48.3 Å². The molecule has 28 heavy (non-hydrogen) atoms. The Kier molecular flexibility index (Phi) is 5.71. The van der Waals surface area contributed by atoms with Crippen molar-refractivity contribution in [1.29, 1.82) is 0 Å². The van der Waals surface area contributed by atoms with Crippen molar-refractivity contribution in [3.8, 4) is 5.69 Å². The quantitative estimate of drug-likeness (QED) is 0.677. The van der Waals surface area contributed by atoms with Gasteiger partial charge in [0, 0.05) is 43.9 Å². The Morgan fingerprint density at radius 2 is 2.21 bits per heavy atom. The SMILES string of the molecule is CCOC1CC(O)(CNC(=O)NCc2ccc(-n3ccnc3)c(F)c2)C1(C)C. The molecule has 0 saturated heterocycles. The van der Waals surface area contributed by atoms with Crippen LogP contribution in [-0.4, -0.2) is 45.5 Å². The predicted octanol–water partition coefficient (Wildman–Crippen LogP) is 2.38. The number of aromatic nitrogens is 2. The molecule has 1 fully saturated rings. The van der Waals surface area contributed by atoms with Crippen LogP contribution < -0.4 is 10.6 Å². The Morgan fingerprint density at radius 1 is 1.43 bits per heavy atom. The van der Waals surface area contributed by atoms with E-state index in [1.165, 1.54) is 12.4 Å². The van der Waals surface area contributed by atoms with Gasteiger partial charge in [-0.25, -0.2) is 14.2 Å². The van der Waals surface area contributed by atoms with E-state index in [1.807, 2.05) is 20.8 Å². The Bertz CT molecular complexity index is 825. The molecular formula is C20H27FN4O3. The second kappa shape index (κ2) is 7.89. The largest absolute Gasteiger partial charge is 0.387 e. The highest BCUT2D eigenvalue weighted by atomic mass is 19.1. The average molecular weight is 390 g/mol. The van der Waals surface area contributed by atoms with Crippen LogP contribution in [0, 0.1) is 11.2 Å². The third-order valence-electron chi connectivity index (χ3n) is 5.68. The molecule has 1 heterocycles. The number of nitrogens with zero attached hydrogens (tertiary/aromatic N) is 2. The molecule has 2 amide bonds. The summed E-state index contributed by atoms with van der Waals surface area (Å²) in [7, 11) is 0. The molecule has 1 aromatic heterocycles. The van der Waals surface area contributed by atoms with E-state index in [1.54, 1.807) is 29.1 Å². The summed E-state index contributed by atoms with van der Waals surface area (Å²) in [4.78, 5) is 16.0. The number of hydrogen-bond donors (Lipinski definition) is 3. The maximum atomic E-state index is 14.3. The summed E-state index contributed by atoms with van der Waals surface area (Å²) < 4.78 is 21.5. The van der Waals surface area contributed by atoms with Gasteiger partial charge < -0.3 is 25.0 Å². The molecule has 7 nitrogen and oxygen atoms in total. The van der Waals surface area contributed by atoms with E-state index in [-0.39, 0.29) is 19.2 Å². The highest BCUT2D eigenvalue weighted by Gasteiger charge is 2.59. The smallest absolute Gasteiger partial charge is 0.315 e. The van der Waals surface area contributed by atoms with Gasteiger partial charge in [-0.15, -0.1) is 0 Å². The number of ether oxygens (including phenoxy) is 1. The minimum Gasteiger partial charge on any atom is -0.387 e. The molecule has 2 unspecified atom stereocenters. The fourth-order valence-corrected chi connectivity index (χ4v) is 3.50. The zero-order chi connectivity index (χ0) is 20.4. The van der Waals surface area contributed by atoms with Gasteiger partial charge in [0.05, 0.1) is 23.7 Å². The normalized spacial score (nSPS) is 23.1. The second-order valence-electron chi connectivity index (χ2n) is 7.69.